The quantitative estimate of drug-likeness (QED) is 0.754. The first-order chi connectivity index (χ1) is 13.2. The lowest BCUT2D eigenvalue weighted by molar-refractivity contribution is -0.135. The van der Waals surface area contributed by atoms with E-state index >= 15 is 0 Å². The lowest BCUT2D eigenvalue weighted by Gasteiger charge is -2.23. The fourth-order valence-corrected chi connectivity index (χ4v) is 4.72. The molecule has 1 heterocycles. The summed E-state index contributed by atoms with van der Waals surface area (Å²) in [5.74, 6) is 1.64. The first kappa shape index (κ1) is 19.3. The van der Waals surface area contributed by atoms with E-state index in [9.17, 15) is 9.59 Å². The molecule has 138 valence electrons. The molecule has 27 heavy (non-hydrogen) atoms. The van der Waals surface area contributed by atoms with Crippen molar-refractivity contribution in [1.82, 2.24) is 4.90 Å². The van der Waals surface area contributed by atoms with Crippen LogP contribution in [0.15, 0.2) is 59.5 Å². The number of benzene rings is 2. The van der Waals surface area contributed by atoms with Crippen LogP contribution in [-0.4, -0.2) is 40.1 Å². The van der Waals surface area contributed by atoms with Gasteiger partial charge in [0.1, 0.15) is 6.04 Å². The first-order valence-electron chi connectivity index (χ1n) is 8.53. The Bertz CT molecular complexity index is 835. The van der Waals surface area contributed by atoms with E-state index in [1.165, 1.54) is 0 Å². The van der Waals surface area contributed by atoms with Gasteiger partial charge in [-0.05, 0) is 36.4 Å². The van der Waals surface area contributed by atoms with Crippen molar-refractivity contribution in [2.24, 2.45) is 0 Å². The molecule has 1 aliphatic heterocycles. The van der Waals surface area contributed by atoms with Crippen LogP contribution >= 0.6 is 23.5 Å². The minimum absolute atomic E-state index is 0.00316. The topological polar surface area (TPSA) is 73.2 Å². The number of nitrogens with zero attached hydrogens (tertiary/aromatic N) is 2. The average molecular weight is 398 g/mol. The van der Waals surface area contributed by atoms with E-state index in [0.29, 0.717) is 35.1 Å². The Morgan fingerprint density at radius 3 is 2.63 bits per heavy atom. The zero-order valence-corrected chi connectivity index (χ0v) is 16.3. The highest BCUT2D eigenvalue weighted by Gasteiger charge is 2.34. The van der Waals surface area contributed by atoms with Crippen LogP contribution in [0.4, 0.5) is 5.69 Å². The third-order valence-electron chi connectivity index (χ3n) is 4.11. The number of hydrogen-bond acceptors (Lipinski definition) is 5. The summed E-state index contributed by atoms with van der Waals surface area (Å²) in [7, 11) is 0. The van der Waals surface area contributed by atoms with E-state index in [0.717, 1.165) is 4.90 Å². The van der Waals surface area contributed by atoms with Crippen molar-refractivity contribution in [3.05, 3.63) is 60.2 Å². The predicted molar refractivity (Wildman–Crippen MR) is 110 cm³/mol. The third-order valence-corrected chi connectivity index (χ3v) is 6.14. The SMILES string of the molecule is N#Cc1ccc(NC(=O)C2CSCN2C(=O)CCSc2ccccc2)cc1. The number of anilines is 1. The van der Waals surface area contributed by atoms with Crippen LogP contribution in [0.5, 0.6) is 0 Å². The number of nitriles is 1. The maximum absolute atomic E-state index is 12.6. The molecule has 7 heteroatoms. The van der Waals surface area contributed by atoms with Gasteiger partial charge >= 0.3 is 0 Å². The molecule has 1 atom stereocenters. The van der Waals surface area contributed by atoms with E-state index in [2.05, 4.69) is 5.32 Å². The maximum Gasteiger partial charge on any atom is 0.248 e. The van der Waals surface area contributed by atoms with E-state index in [1.807, 2.05) is 36.4 Å². The molecule has 2 amide bonds. The Labute approximate surface area is 167 Å². The molecule has 0 aliphatic carbocycles. The van der Waals surface area contributed by atoms with Crippen molar-refractivity contribution in [2.45, 2.75) is 17.4 Å². The molecular formula is C20H19N3O2S2. The van der Waals surface area contributed by atoms with Crippen LogP contribution in [0.25, 0.3) is 0 Å². The van der Waals surface area contributed by atoms with Gasteiger partial charge in [-0.3, -0.25) is 9.59 Å². The van der Waals surface area contributed by atoms with Gasteiger partial charge in [0.2, 0.25) is 11.8 Å². The van der Waals surface area contributed by atoms with Gasteiger partial charge in [-0.2, -0.15) is 5.26 Å². The molecule has 5 nitrogen and oxygen atoms in total. The van der Waals surface area contributed by atoms with Crippen LogP contribution in [0, 0.1) is 11.3 Å². The molecule has 0 bridgehead atoms. The fraction of sp³-hybridized carbons (Fsp3) is 0.250. The van der Waals surface area contributed by atoms with E-state index in [1.54, 1.807) is 52.7 Å². The second-order valence-corrected chi connectivity index (χ2v) is 8.14. The largest absolute Gasteiger partial charge is 0.324 e. The van der Waals surface area contributed by atoms with Gasteiger partial charge in [0, 0.05) is 28.5 Å². The number of thioether (sulfide) groups is 2. The minimum atomic E-state index is -0.458. The number of nitrogens with one attached hydrogen (secondary N) is 1. The Kier molecular flexibility index (Phi) is 6.80. The number of rotatable bonds is 6. The predicted octanol–water partition coefficient (Wildman–Crippen LogP) is 3.58. The summed E-state index contributed by atoms with van der Waals surface area (Å²) in [4.78, 5) is 28.0. The lowest BCUT2D eigenvalue weighted by atomic mass is 10.2. The summed E-state index contributed by atoms with van der Waals surface area (Å²) in [5.41, 5.74) is 1.17. The molecule has 1 N–H and O–H groups in total. The standard InChI is InChI=1S/C20H19N3O2S2/c21-12-15-6-8-16(9-7-15)22-20(25)18-13-26-14-23(18)19(24)10-11-27-17-4-2-1-3-5-17/h1-9,18H,10-11,13-14H2,(H,22,25). The Morgan fingerprint density at radius 2 is 1.93 bits per heavy atom. The van der Waals surface area contributed by atoms with Crippen molar-refractivity contribution >= 4 is 41.0 Å². The molecule has 1 saturated heterocycles. The number of carbonyl (C=O) groups excluding carboxylic acids is 2. The summed E-state index contributed by atoms with van der Waals surface area (Å²) in [6, 6.07) is 18.3. The van der Waals surface area contributed by atoms with Gasteiger partial charge in [-0.15, -0.1) is 23.5 Å². The maximum atomic E-state index is 12.6. The van der Waals surface area contributed by atoms with Crippen molar-refractivity contribution < 1.29 is 9.59 Å². The molecular weight excluding hydrogens is 378 g/mol. The Morgan fingerprint density at radius 1 is 1.19 bits per heavy atom. The van der Waals surface area contributed by atoms with Crippen LogP contribution < -0.4 is 5.32 Å². The third kappa shape index (κ3) is 5.28. The van der Waals surface area contributed by atoms with Gasteiger partial charge in [0.15, 0.2) is 0 Å². The highest BCUT2D eigenvalue weighted by atomic mass is 32.2. The normalized spacial score (nSPS) is 16.0. The second-order valence-electron chi connectivity index (χ2n) is 5.97. The Hall–Kier alpha value is -2.43. The number of hydrogen-bond donors (Lipinski definition) is 1. The van der Waals surface area contributed by atoms with Crippen LogP contribution in [0.1, 0.15) is 12.0 Å². The lowest BCUT2D eigenvalue weighted by Crippen LogP contribution is -2.44. The van der Waals surface area contributed by atoms with E-state index in [-0.39, 0.29) is 11.8 Å². The van der Waals surface area contributed by atoms with Crippen LogP contribution in [0.3, 0.4) is 0 Å². The smallest absolute Gasteiger partial charge is 0.248 e. The van der Waals surface area contributed by atoms with Gasteiger partial charge in [-0.25, -0.2) is 0 Å². The number of carbonyl (C=O) groups is 2. The fourth-order valence-electron chi connectivity index (χ4n) is 2.68. The van der Waals surface area contributed by atoms with Crippen LogP contribution in [-0.2, 0) is 9.59 Å². The molecule has 0 saturated carbocycles. The molecule has 3 rings (SSSR count). The molecule has 0 radical (unpaired) electrons. The highest BCUT2D eigenvalue weighted by Crippen LogP contribution is 2.25. The summed E-state index contributed by atoms with van der Waals surface area (Å²) in [6.45, 7) is 0. The molecule has 0 aromatic heterocycles. The van der Waals surface area contributed by atoms with Crippen LogP contribution in [0.2, 0.25) is 0 Å². The summed E-state index contributed by atoms with van der Waals surface area (Å²) in [6.07, 6.45) is 0.404. The average Bonchev–Trinajstić information content (AvgIpc) is 3.19. The summed E-state index contributed by atoms with van der Waals surface area (Å²) < 4.78 is 0. The zero-order valence-electron chi connectivity index (χ0n) is 14.6. The highest BCUT2D eigenvalue weighted by molar-refractivity contribution is 7.99. The molecule has 1 aliphatic rings. The van der Waals surface area contributed by atoms with Gasteiger partial charge in [-0.1, -0.05) is 18.2 Å². The van der Waals surface area contributed by atoms with Crippen molar-refractivity contribution in [3.8, 4) is 6.07 Å². The van der Waals surface area contributed by atoms with E-state index in [4.69, 9.17) is 5.26 Å². The molecule has 0 spiro atoms. The summed E-state index contributed by atoms with van der Waals surface area (Å²) in [5, 5.41) is 11.7. The zero-order chi connectivity index (χ0) is 19.1. The van der Waals surface area contributed by atoms with Crippen molar-refractivity contribution in [2.75, 3.05) is 22.7 Å². The second kappa shape index (κ2) is 9.49. The summed E-state index contributed by atoms with van der Waals surface area (Å²) >= 11 is 3.23. The van der Waals surface area contributed by atoms with Crippen molar-refractivity contribution in [1.29, 1.82) is 5.26 Å². The molecule has 2 aromatic carbocycles. The van der Waals surface area contributed by atoms with Gasteiger partial charge in [0.05, 0.1) is 17.5 Å². The molecule has 1 fully saturated rings. The van der Waals surface area contributed by atoms with E-state index < -0.39 is 6.04 Å². The molecule has 1 unspecified atom stereocenters. The van der Waals surface area contributed by atoms with Gasteiger partial charge < -0.3 is 10.2 Å². The number of amides is 2. The monoisotopic (exact) mass is 397 g/mol. The first-order valence-corrected chi connectivity index (χ1v) is 10.7. The molecule has 2 aromatic rings. The minimum Gasteiger partial charge on any atom is -0.324 e. The van der Waals surface area contributed by atoms with Gasteiger partial charge in [0.25, 0.3) is 0 Å². The Balaban J connectivity index is 1.53. The van der Waals surface area contributed by atoms with Crippen molar-refractivity contribution in [3.63, 3.8) is 0 Å².